The molecule has 0 atom stereocenters. The molecule has 0 aliphatic carbocycles. The van der Waals surface area contributed by atoms with Crippen molar-refractivity contribution in [3.05, 3.63) is 23.8 Å². The molecule has 0 aliphatic rings. The van der Waals surface area contributed by atoms with E-state index in [2.05, 4.69) is 5.32 Å². The van der Waals surface area contributed by atoms with Gasteiger partial charge < -0.3 is 15.2 Å². The molecule has 0 radical (unpaired) electrons. The topological polar surface area (TPSA) is 58.6 Å². The molecule has 0 aromatic heterocycles. The summed E-state index contributed by atoms with van der Waals surface area (Å²) in [4.78, 5) is 11.8. The minimum atomic E-state index is -0.184. The van der Waals surface area contributed by atoms with Crippen LogP contribution in [0.1, 0.15) is 24.2 Å². The molecule has 2 N–H and O–H groups in total. The molecule has 0 amide bonds. The zero-order valence-corrected chi connectivity index (χ0v) is 9.78. The Morgan fingerprint density at radius 3 is 2.75 bits per heavy atom. The van der Waals surface area contributed by atoms with E-state index in [0.29, 0.717) is 5.75 Å². The molecular formula is C12H17NO3. The second kappa shape index (κ2) is 5.51. The average Bonchev–Trinajstić information content (AvgIpc) is 2.16. The lowest BCUT2D eigenvalue weighted by Crippen LogP contribution is -2.20. The molecule has 1 aromatic carbocycles. The van der Waals surface area contributed by atoms with Gasteiger partial charge >= 0.3 is 0 Å². The fourth-order valence-corrected chi connectivity index (χ4v) is 1.40. The monoisotopic (exact) mass is 223 g/mol. The molecule has 0 unspecified atom stereocenters. The molecule has 1 aromatic rings. The summed E-state index contributed by atoms with van der Waals surface area (Å²) in [7, 11) is 1.68. The van der Waals surface area contributed by atoms with Crippen LogP contribution in [0.2, 0.25) is 0 Å². The Hall–Kier alpha value is -1.55. The van der Waals surface area contributed by atoms with Crippen molar-refractivity contribution in [2.75, 3.05) is 13.6 Å². The number of rotatable bonds is 5. The van der Waals surface area contributed by atoms with E-state index in [9.17, 15) is 9.90 Å². The van der Waals surface area contributed by atoms with Gasteiger partial charge in [0, 0.05) is 0 Å². The van der Waals surface area contributed by atoms with Gasteiger partial charge in [-0.1, -0.05) is 6.07 Å². The third kappa shape index (κ3) is 2.97. The van der Waals surface area contributed by atoms with Crippen LogP contribution in [0.5, 0.6) is 11.5 Å². The van der Waals surface area contributed by atoms with Crippen LogP contribution in [-0.4, -0.2) is 30.6 Å². The van der Waals surface area contributed by atoms with Gasteiger partial charge in [-0.25, -0.2) is 0 Å². The van der Waals surface area contributed by atoms with Crippen molar-refractivity contribution < 1.29 is 14.6 Å². The van der Waals surface area contributed by atoms with Gasteiger partial charge in [-0.05, 0) is 33.0 Å². The Labute approximate surface area is 95.2 Å². The quantitative estimate of drug-likeness (QED) is 0.744. The van der Waals surface area contributed by atoms with Gasteiger partial charge in [0.25, 0.3) is 0 Å². The number of likely N-dealkylation sites (N-methyl/N-ethyl adjacent to an activating group) is 1. The number of carbonyl (C=O) groups excluding carboxylic acids is 1. The number of ketones is 1. The molecule has 1 rings (SSSR count). The van der Waals surface area contributed by atoms with Gasteiger partial charge in [0.2, 0.25) is 0 Å². The molecule has 0 bridgehead atoms. The minimum Gasteiger partial charge on any atom is -0.507 e. The molecule has 16 heavy (non-hydrogen) atoms. The summed E-state index contributed by atoms with van der Waals surface area (Å²) < 4.78 is 5.49. The number of benzene rings is 1. The van der Waals surface area contributed by atoms with Crippen molar-refractivity contribution in [1.29, 1.82) is 0 Å². The Kier molecular flexibility index (Phi) is 4.31. The molecular weight excluding hydrogens is 206 g/mol. The third-order valence-electron chi connectivity index (χ3n) is 1.98. The van der Waals surface area contributed by atoms with Crippen molar-refractivity contribution >= 4 is 5.78 Å². The lowest BCUT2D eigenvalue weighted by atomic mass is 10.1. The number of nitrogens with one attached hydrogen (secondary N) is 1. The largest absolute Gasteiger partial charge is 0.507 e. The summed E-state index contributed by atoms with van der Waals surface area (Å²) in [6.45, 7) is 3.92. The first-order valence-corrected chi connectivity index (χ1v) is 5.22. The van der Waals surface area contributed by atoms with E-state index in [1.807, 2.05) is 13.8 Å². The number of hydrogen-bond donors (Lipinski definition) is 2. The van der Waals surface area contributed by atoms with Crippen LogP contribution >= 0.6 is 0 Å². The highest BCUT2D eigenvalue weighted by Gasteiger charge is 2.17. The summed E-state index contributed by atoms with van der Waals surface area (Å²) in [6, 6.07) is 4.82. The number of phenols is 1. The van der Waals surface area contributed by atoms with Crippen molar-refractivity contribution in [2.24, 2.45) is 0 Å². The van der Waals surface area contributed by atoms with E-state index < -0.39 is 0 Å². The van der Waals surface area contributed by atoms with Crippen LogP contribution in [0.15, 0.2) is 18.2 Å². The van der Waals surface area contributed by atoms with Gasteiger partial charge in [-0.3, -0.25) is 4.79 Å². The first kappa shape index (κ1) is 12.5. The normalized spacial score (nSPS) is 10.5. The molecule has 4 heteroatoms. The lowest BCUT2D eigenvalue weighted by Gasteiger charge is -2.14. The number of aromatic hydroxyl groups is 1. The smallest absolute Gasteiger partial charge is 0.184 e. The third-order valence-corrected chi connectivity index (χ3v) is 1.98. The molecule has 0 heterocycles. The van der Waals surface area contributed by atoms with Crippen molar-refractivity contribution in [3.8, 4) is 11.5 Å². The van der Waals surface area contributed by atoms with Crippen LogP contribution in [0, 0.1) is 0 Å². The Morgan fingerprint density at radius 1 is 1.50 bits per heavy atom. The minimum absolute atomic E-state index is 0.0389. The molecule has 0 fully saturated rings. The average molecular weight is 223 g/mol. The Morgan fingerprint density at radius 2 is 2.19 bits per heavy atom. The van der Waals surface area contributed by atoms with Crippen molar-refractivity contribution in [1.82, 2.24) is 5.32 Å². The predicted octanol–water partition coefficient (Wildman–Crippen LogP) is 1.58. The van der Waals surface area contributed by atoms with E-state index in [0.717, 1.165) is 0 Å². The maximum atomic E-state index is 11.8. The highest BCUT2D eigenvalue weighted by Crippen LogP contribution is 2.28. The second-order valence-corrected chi connectivity index (χ2v) is 3.77. The predicted molar refractivity (Wildman–Crippen MR) is 62.1 cm³/mol. The molecule has 0 aliphatic heterocycles. The number of Topliss-reactive ketones (excluding diaryl/α,β-unsaturated/α-hetero) is 1. The van der Waals surface area contributed by atoms with Crippen LogP contribution in [0.4, 0.5) is 0 Å². The first-order chi connectivity index (χ1) is 7.56. The maximum Gasteiger partial charge on any atom is 0.184 e. The Bertz CT molecular complexity index is 375. The van der Waals surface area contributed by atoms with Gasteiger partial charge in [-0.15, -0.1) is 0 Å². The van der Waals surface area contributed by atoms with E-state index in [-0.39, 0.29) is 29.7 Å². The highest BCUT2D eigenvalue weighted by molar-refractivity contribution is 6.02. The fourth-order valence-electron chi connectivity index (χ4n) is 1.40. The second-order valence-electron chi connectivity index (χ2n) is 3.77. The summed E-state index contributed by atoms with van der Waals surface area (Å²) in [6.07, 6.45) is -0.0389. The Balaban J connectivity index is 3.07. The van der Waals surface area contributed by atoms with Crippen LogP contribution < -0.4 is 10.1 Å². The molecule has 0 saturated heterocycles. The van der Waals surface area contributed by atoms with Gasteiger partial charge in [0.1, 0.15) is 17.1 Å². The van der Waals surface area contributed by atoms with E-state index in [1.54, 1.807) is 19.2 Å². The summed E-state index contributed by atoms with van der Waals surface area (Å²) in [5, 5.41) is 12.4. The zero-order chi connectivity index (χ0) is 12.1. The standard InChI is InChI=1S/C12H17NO3/c1-8(2)16-11-6-4-5-9(14)12(11)10(15)7-13-3/h4-6,8,13-14H,7H2,1-3H3. The maximum absolute atomic E-state index is 11.8. The first-order valence-electron chi connectivity index (χ1n) is 5.22. The number of phenolic OH excluding ortho intramolecular Hbond substituents is 1. The van der Waals surface area contributed by atoms with Gasteiger partial charge in [0.15, 0.2) is 5.78 Å². The summed E-state index contributed by atoms with van der Waals surface area (Å²) in [5.74, 6) is 0.199. The van der Waals surface area contributed by atoms with E-state index >= 15 is 0 Å². The highest BCUT2D eigenvalue weighted by atomic mass is 16.5. The summed E-state index contributed by atoms with van der Waals surface area (Å²) >= 11 is 0. The van der Waals surface area contributed by atoms with E-state index in [4.69, 9.17) is 4.74 Å². The van der Waals surface area contributed by atoms with Crippen LogP contribution in [0.3, 0.4) is 0 Å². The van der Waals surface area contributed by atoms with Gasteiger partial charge in [0.05, 0.1) is 12.6 Å². The molecule has 0 saturated carbocycles. The van der Waals surface area contributed by atoms with E-state index in [1.165, 1.54) is 6.07 Å². The zero-order valence-electron chi connectivity index (χ0n) is 9.78. The molecule has 0 spiro atoms. The molecule has 88 valence electrons. The SMILES string of the molecule is CNCC(=O)c1c(O)cccc1OC(C)C. The molecule has 4 nitrogen and oxygen atoms in total. The van der Waals surface area contributed by atoms with Crippen LogP contribution in [0.25, 0.3) is 0 Å². The number of carbonyl (C=O) groups is 1. The van der Waals surface area contributed by atoms with Crippen molar-refractivity contribution in [3.63, 3.8) is 0 Å². The van der Waals surface area contributed by atoms with Crippen LogP contribution in [-0.2, 0) is 0 Å². The lowest BCUT2D eigenvalue weighted by molar-refractivity contribution is 0.0985. The van der Waals surface area contributed by atoms with Crippen molar-refractivity contribution in [2.45, 2.75) is 20.0 Å². The fraction of sp³-hybridized carbons (Fsp3) is 0.417. The number of hydrogen-bond acceptors (Lipinski definition) is 4. The summed E-state index contributed by atoms with van der Waals surface area (Å²) in [5.41, 5.74) is 0.241. The number of ether oxygens (including phenoxy) is 1. The van der Waals surface area contributed by atoms with Gasteiger partial charge in [-0.2, -0.15) is 0 Å².